The van der Waals surface area contributed by atoms with Gasteiger partial charge in [0.25, 0.3) is 0 Å². The van der Waals surface area contributed by atoms with Crippen molar-refractivity contribution in [3.63, 3.8) is 0 Å². The molecule has 104 valence electrons. The highest BCUT2D eigenvalue weighted by Crippen LogP contribution is 2.21. The molecular weight excluding hydrogens is 260 g/mol. The van der Waals surface area contributed by atoms with Gasteiger partial charge in [0.1, 0.15) is 0 Å². The second kappa shape index (κ2) is 5.82. The first kappa shape index (κ1) is 13.4. The van der Waals surface area contributed by atoms with Crippen LogP contribution in [0.5, 0.6) is 0 Å². The second-order valence-electron chi connectivity index (χ2n) is 5.05. The quantitative estimate of drug-likeness (QED) is 0.811. The highest BCUT2D eigenvalue weighted by Gasteiger charge is 2.29. The smallest absolute Gasteiger partial charge is 0.243 e. The molecule has 0 saturated carbocycles. The van der Waals surface area contributed by atoms with Crippen molar-refractivity contribution in [3.05, 3.63) is 65.7 Å². The first-order valence-corrected chi connectivity index (χ1v) is 6.98. The minimum absolute atomic E-state index is 0.0110. The van der Waals surface area contributed by atoms with E-state index in [1.54, 1.807) is 4.90 Å². The summed E-state index contributed by atoms with van der Waals surface area (Å²) in [6, 6.07) is 17.2. The molecule has 2 aromatic carbocycles. The van der Waals surface area contributed by atoms with Crippen LogP contribution in [0.15, 0.2) is 54.6 Å². The van der Waals surface area contributed by atoms with E-state index in [-0.39, 0.29) is 11.9 Å². The SMILES string of the molecule is NC1CCN(c2cccc(C#Cc3ccccc3)c2)C1=O. The number of amides is 1. The van der Waals surface area contributed by atoms with E-state index in [0.29, 0.717) is 13.0 Å². The first-order valence-electron chi connectivity index (χ1n) is 6.98. The molecule has 2 aromatic rings. The van der Waals surface area contributed by atoms with Crippen molar-refractivity contribution in [2.45, 2.75) is 12.5 Å². The molecule has 3 rings (SSSR count). The normalized spacial score (nSPS) is 17.5. The van der Waals surface area contributed by atoms with E-state index in [0.717, 1.165) is 16.8 Å². The first-order chi connectivity index (χ1) is 10.2. The van der Waals surface area contributed by atoms with Crippen molar-refractivity contribution >= 4 is 11.6 Å². The summed E-state index contributed by atoms with van der Waals surface area (Å²) in [5.41, 5.74) is 8.50. The largest absolute Gasteiger partial charge is 0.320 e. The van der Waals surface area contributed by atoms with Gasteiger partial charge in [0.2, 0.25) is 5.91 Å². The van der Waals surface area contributed by atoms with Crippen LogP contribution < -0.4 is 10.6 Å². The summed E-state index contributed by atoms with van der Waals surface area (Å²) in [7, 11) is 0. The third-order valence-corrected chi connectivity index (χ3v) is 3.53. The zero-order valence-corrected chi connectivity index (χ0v) is 11.6. The summed E-state index contributed by atoms with van der Waals surface area (Å²) < 4.78 is 0. The molecule has 1 heterocycles. The van der Waals surface area contributed by atoms with Crippen LogP contribution in [0.2, 0.25) is 0 Å². The molecule has 3 nitrogen and oxygen atoms in total. The number of hydrogen-bond donors (Lipinski definition) is 1. The van der Waals surface area contributed by atoms with Gasteiger partial charge in [-0.15, -0.1) is 0 Å². The van der Waals surface area contributed by atoms with Gasteiger partial charge in [-0.1, -0.05) is 36.1 Å². The lowest BCUT2D eigenvalue weighted by molar-refractivity contribution is -0.118. The molecule has 1 unspecified atom stereocenters. The van der Waals surface area contributed by atoms with Crippen molar-refractivity contribution < 1.29 is 4.79 Å². The number of nitrogens with two attached hydrogens (primary N) is 1. The molecule has 0 radical (unpaired) electrons. The zero-order valence-electron chi connectivity index (χ0n) is 11.6. The highest BCUT2D eigenvalue weighted by molar-refractivity contribution is 5.99. The standard InChI is InChI=1S/C18H16N2O/c19-17-11-12-20(18(17)21)16-8-4-7-15(13-16)10-9-14-5-2-1-3-6-14/h1-8,13,17H,11-12,19H2. The summed E-state index contributed by atoms with van der Waals surface area (Å²) in [6.07, 6.45) is 0.707. The van der Waals surface area contributed by atoms with Gasteiger partial charge in [0.05, 0.1) is 6.04 Å². The van der Waals surface area contributed by atoms with Crippen molar-refractivity contribution in [2.75, 3.05) is 11.4 Å². The maximum absolute atomic E-state index is 12.0. The lowest BCUT2D eigenvalue weighted by Crippen LogP contribution is -2.33. The molecule has 21 heavy (non-hydrogen) atoms. The van der Waals surface area contributed by atoms with Crippen molar-refractivity contribution in [1.82, 2.24) is 0 Å². The second-order valence-corrected chi connectivity index (χ2v) is 5.05. The van der Waals surface area contributed by atoms with Gasteiger partial charge < -0.3 is 10.6 Å². The molecule has 1 amide bonds. The summed E-state index contributed by atoms with van der Waals surface area (Å²) in [6.45, 7) is 0.676. The van der Waals surface area contributed by atoms with Gasteiger partial charge in [0, 0.05) is 23.4 Å². The number of nitrogens with zero attached hydrogens (tertiary/aromatic N) is 1. The topological polar surface area (TPSA) is 46.3 Å². The van der Waals surface area contributed by atoms with Gasteiger partial charge in [-0.05, 0) is 36.8 Å². The highest BCUT2D eigenvalue weighted by atomic mass is 16.2. The van der Waals surface area contributed by atoms with Crippen LogP contribution >= 0.6 is 0 Å². The van der Waals surface area contributed by atoms with E-state index in [9.17, 15) is 4.79 Å². The molecular formula is C18H16N2O. The Balaban J connectivity index is 1.85. The van der Waals surface area contributed by atoms with Crippen LogP contribution in [0.25, 0.3) is 0 Å². The Hall–Kier alpha value is -2.57. The van der Waals surface area contributed by atoms with Crippen LogP contribution in [0.4, 0.5) is 5.69 Å². The Morgan fingerprint density at radius 2 is 1.71 bits per heavy atom. The maximum Gasteiger partial charge on any atom is 0.243 e. The van der Waals surface area contributed by atoms with Crippen molar-refractivity contribution in [3.8, 4) is 11.8 Å². The van der Waals surface area contributed by atoms with Gasteiger partial charge in [-0.3, -0.25) is 4.79 Å². The van der Waals surface area contributed by atoms with Crippen LogP contribution in [-0.2, 0) is 4.79 Å². The van der Waals surface area contributed by atoms with Crippen LogP contribution in [0, 0.1) is 11.8 Å². The summed E-state index contributed by atoms with van der Waals surface area (Å²) in [5, 5.41) is 0. The van der Waals surface area contributed by atoms with Gasteiger partial charge >= 0.3 is 0 Å². The number of carbonyl (C=O) groups excluding carboxylic acids is 1. The van der Waals surface area contributed by atoms with Crippen LogP contribution in [0.1, 0.15) is 17.5 Å². The Morgan fingerprint density at radius 3 is 2.43 bits per heavy atom. The third-order valence-electron chi connectivity index (χ3n) is 3.53. The lowest BCUT2D eigenvalue weighted by Gasteiger charge is -2.16. The third kappa shape index (κ3) is 2.96. The molecule has 1 aliphatic heterocycles. The number of rotatable bonds is 1. The molecule has 2 N–H and O–H groups in total. The Kier molecular flexibility index (Phi) is 3.72. The van der Waals surface area contributed by atoms with Gasteiger partial charge in [0.15, 0.2) is 0 Å². The predicted octanol–water partition coefficient (Wildman–Crippen LogP) is 2.15. The molecule has 1 fully saturated rings. The molecule has 3 heteroatoms. The molecule has 1 atom stereocenters. The molecule has 0 spiro atoms. The number of hydrogen-bond acceptors (Lipinski definition) is 2. The average molecular weight is 276 g/mol. The number of carbonyl (C=O) groups is 1. The molecule has 0 aromatic heterocycles. The Bertz CT molecular complexity index is 713. The molecule has 0 bridgehead atoms. The maximum atomic E-state index is 12.0. The monoisotopic (exact) mass is 276 g/mol. The minimum Gasteiger partial charge on any atom is -0.320 e. The van der Waals surface area contributed by atoms with Crippen molar-refractivity contribution in [1.29, 1.82) is 0 Å². The fourth-order valence-electron chi connectivity index (χ4n) is 2.38. The van der Waals surface area contributed by atoms with E-state index in [1.165, 1.54) is 0 Å². The van der Waals surface area contributed by atoms with E-state index in [4.69, 9.17) is 5.73 Å². The summed E-state index contributed by atoms with van der Waals surface area (Å²) in [4.78, 5) is 13.7. The fraction of sp³-hybridized carbons (Fsp3) is 0.167. The predicted molar refractivity (Wildman–Crippen MR) is 83.8 cm³/mol. The minimum atomic E-state index is -0.371. The molecule has 0 aliphatic carbocycles. The van der Waals surface area contributed by atoms with E-state index < -0.39 is 0 Å². The Morgan fingerprint density at radius 1 is 1.00 bits per heavy atom. The van der Waals surface area contributed by atoms with E-state index >= 15 is 0 Å². The molecule has 1 saturated heterocycles. The van der Waals surface area contributed by atoms with Gasteiger partial charge in [-0.2, -0.15) is 0 Å². The van der Waals surface area contributed by atoms with Gasteiger partial charge in [-0.25, -0.2) is 0 Å². The lowest BCUT2D eigenvalue weighted by atomic mass is 10.1. The summed E-state index contributed by atoms with van der Waals surface area (Å²) >= 11 is 0. The van der Waals surface area contributed by atoms with E-state index in [1.807, 2.05) is 54.6 Å². The van der Waals surface area contributed by atoms with Crippen molar-refractivity contribution in [2.24, 2.45) is 5.73 Å². The van der Waals surface area contributed by atoms with E-state index in [2.05, 4.69) is 11.8 Å². The number of benzene rings is 2. The summed E-state index contributed by atoms with van der Waals surface area (Å²) in [5.74, 6) is 6.24. The number of anilines is 1. The van der Waals surface area contributed by atoms with Crippen LogP contribution in [0.3, 0.4) is 0 Å². The zero-order chi connectivity index (χ0) is 14.7. The molecule has 1 aliphatic rings. The fourth-order valence-corrected chi connectivity index (χ4v) is 2.38. The average Bonchev–Trinajstić information content (AvgIpc) is 2.86. The Labute approximate surface area is 124 Å². The van der Waals surface area contributed by atoms with Crippen LogP contribution in [-0.4, -0.2) is 18.5 Å².